The van der Waals surface area contributed by atoms with Crippen molar-refractivity contribution in [2.45, 2.75) is 64.3 Å². The summed E-state index contributed by atoms with van der Waals surface area (Å²) >= 11 is 0. The van der Waals surface area contributed by atoms with Crippen LogP contribution in [0.25, 0.3) is 0 Å². The molecule has 1 aromatic heterocycles. The quantitative estimate of drug-likeness (QED) is 0.880. The summed E-state index contributed by atoms with van der Waals surface area (Å²) < 4.78 is 0. The summed E-state index contributed by atoms with van der Waals surface area (Å²) in [6.45, 7) is 7.82. The van der Waals surface area contributed by atoms with E-state index >= 15 is 0 Å². The summed E-state index contributed by atoms with van der Waals surface area (Å²) in [4.78, 5) is 4.16. The van der Waals surface area contributed by atoms with Crippen LogP contribution in [0.5, 0.6) is 0 Å². The zero-order valence-electron chi connectivity index (χ0n) is 12.7. The van der Waals surface area contributed by atoms with Gasteiger partial charge in [-0.2, -0.15) is 0 Å². The smallest absolute Gasteiger partial charge is 0.0270 e. The first-order valence-corrected chi connectivity index (χ1v) is 7.71. The highest BCUT2D eigenvalue weighted by Crippen LogP contribution is 2.35. The first-order chi connectivity index (χ1) is 9.06. The summed E-state index contributed by atoms with van der Waals surface area (Å²) in [5.41, 5.74) is 1.65. The normalized spacial score (nSPS) is 19.3. The molecule has 1 saturated carbocycles. The van der Waals surface area contributed by atoms with Gasteiger partial charge in [0.15, 0.2) is 0 Å². The first kappa shape index (κ1) is 14.5. The molecule has 0 spiro atoms. The summed E-state index contributed by atoms with van der Waals surface area (Å²) in [6, 6.07) is 4.40. The van der Waals surface area contributed by atoms with E-state index in [9.17, 15) is 0 Å². The Labute approximate surface area is 118 Å². The van der Waals surface area contributed by atoms with E-state index in [2.05, 4.69) is 43.2 Å². The number of pyridine rings is 1. The predicted octanol–water partition coefficient (Wildman–Crippen LogP) is 4.13. The Morgan fingerprint density at radius 3 is 2.37 bits per heavy atom. The Balaban J connectivity index is 2.08. The van der Waals surface area contributed by atoms with Crippen molar-refractivity contribution in [3.63, 3.8) is 0 Å². The Morgan fingerprint density at radius 1 is 1.16 bits per heavy atom. The van der Waals surface area contributed by atoms with Crippen LogP contribution in [-0.2, 0) is 0 Å². The third-order valence-electron chi connectivity index (χ3n) is 4.21. The fourth-order valence-corrected chi connectivity index (χ4v) is 3.12. The molecule has 1 aliphatic carbocycles. The molecule has 1 aromatic rings. The number of hydrogen-bond donors (Lipinski definition) is 1. The number of nitrogens with one attached hydrogen (secondary N) is 1. The molecule has 1 N–H and O–H groups in total. The fraction of sp³-hybridized carbons (Fsp3) is 0.706. The van der Waals surface area contributed by atoms with E-state index in [1.807, 2.05) is 12.4 Å². The number of nitrogens with zero attached hydrogens (tertiary/aromatic N) is 1. The van der Waals surface area contributed by atoms with Crippen LogP contribution in [0.15, 0.2) is 24.5 Å². The molecule has 1 fully saturated rings. The molecule has 19 heavy (non-hydrogen) atoms. The highest BCUT2D eigenvalue weighted by atomic mass is 14.9. The second-order valence-corrected chi connectivity index (χ2v) is 6.92. The molecule has 1 atom stereocenters. The summed E-state index contributed by atoms with van der Waals surface area (Å²) in [5, 5.41) is 3.70. The molecular weight excluding hydrogens is 232 g/mol. The van der Waals surface area contributed by atoms with Crippen molar-refractivity contribution in [1.82, 2.24) is 10.3 Å². The maximum atomic E-state index is 4.16. The lowest BCUT2D eigenvalue weighted by atomic mass is 9.76. The molecule has 0 aliphatic heterocycles. The lowest BCUT2D eigenvalue weighted by molar-refractivity contribution is 0.279. The van der Waals surface area contributed by atoms with Gasteiger partial charge in [-0.25, -0.2) is 0 Å². The molecule has 0 saturated heterocycles. The van der Waals surface area contributed by atoms with E-state index in [0.717, 1.165) is 12.5 Å². The lowest BCUT2D eigenvalue weighted by Crippen LogP contribution is -2.40. The van der Waals surface area contributed by atoms with Gasteiger partial charge in [-0.3, -0.25) is 4.98 Å². The van der Waals surface area contributed by atoms with Gasteiger partial charge in [0, 0.05) is 24.5 Å². The molecule has 2 rings (SSSR count). The molecule has 0 amide bonds. The molecule has 1 heterocycles. The molecule has 0 radical (unpaired) electrons. The van der Waals surface area contributed by atoms with Crippen molar-refractivity contribution in [3.8, 4) is 0 Å². The molecule has 2 nitrogen and oxygen atoms in total. The molecule has 1 aliphatic rings. The fourth-order valence-electron chi connectivity index (χ4n) is 3.12. The van der Waals surface area contributed by atoms with Crippen LogP contribution in [0.3, 0.4) is 0 Å². The van der Waals surface area contributed by atoms with E-state index in [-0.39, 0.29) is 5.54 Å². The average molecular weight is 260 g/mol. The molecule has 0 aromatic carbocycles. The molecule has 106 valence electrons. The zero-order chi connectivity index (χ0) is 13.7. The van der Waals surface area contributed by atoms with Crippen LogP contribution >= 0.6 is 0 Å². The van der Waals surface area contributed by atoms with Gasteiger partial charge in [-0.1, -0.05) is 19.3 Å². The van der Waals surface area contributed by atoms with E-state index in [4.69, 9.17) is 0 Å². The predicted molar refractivity (Wildman–Crippen MR) is 81.3 cm³/mol. The van der Waals surface area contributed by atoms with Gasteiger partial charge in [0.2, 0.25) is 0 Å². The molecular formula is C17H28N2. The van der Waals surface area contributed by atoms with Crippen molar-refractivity contribution in [1.29, 1.82) is 0 Å². The van der Waals surface area contributed by atoms with Crippen molar-refractivity contribution < 1.29 is 0 Å². The van der Waals surface area contributed by atoms with Gasteiger partial charge < -0.3 is 5.32 Å². The van der Waals surface area contributed by atoms with E-state index in [0.29, 0.717) is 5.92 Å². The largest absolute Gasteiger partial charge is 0.311 e. The van der Waals surface area contributed by atoms with Crippen LogP contribution in [0.2, 0.25) is 0 Å². The van der Waals surface area contributed by atoms with Gasteiger partial charge >= 0.3 is 0 Å². The first-order valence-electron chi connectivity index (χ1n) is 7.71. The standard InChI is InChI=1S/C17H28N2/c1-17(2,3)19-13-16(14-7-5-4-6-8-14)15-9-11-18-12-10-15/h9-12,14,16,19H,4-8,13H2,1-3H3. The van der Waals surface area contributed by atoms with Crippen LogP contribution in [0, 0.1) is 5.92 Å². The molecule has 0 bridgehead atoms. The maximum absolute atomic E-state index is 4.16. The van der Waals surface area contributed by atoms with Crippen LogP contribution in [-0.4, -0.2) is 17.1 Å². The van der Waals surface area contributed by atoms with Crippen molar-refractivity contribution in [2.24, 2.45) is 5.92 Å². The number of hydrogen-bond acceptors (Lipinski definition) is 2. The SMILES string of the molecule is CC(C)(C)NCC(c1ccncc1)C1CCCCC1. The second-order valence-electron chi connectivity index (χ2n) is 6.92. The Bertz CT molecular complexity index is 361. The second kappa shape index (κ2) is 6.51. The van der Waals surface area contributed by atoms with Gasteiger partial charge in [0.25, 0.3) is 0 Å². The number of aromatic nitrogens is 1. The highest BCUT2D eigenvalue weighted by molar-refractivity contribution is 5.18. The topological polar surface area (TPSA) is 24.9 Å². The van der Waals surface area contributed by atoms with Crippen molar-refractivity contribution in [2.75, 3.05) is 6.54 Å². The van der Waals surface area contributed by atoms with E-state index in [1.54, 1.807) is 0 Å². The van der Waals surface area contributed by atoms with Gasteiger partial charge in [0.1, 0.15) is 0 Å². The summed E-state index contributed by atoms with van der Waals surface area (Å²) in [7, 11) is 0. The Hall–Kier alpha value is -0.890. The third kappa shape index (κ3) is 4.61. The monoisotopic (exact) mass is 260 g/mol. The van der Waals surface area contributed by atoms with Gasteiger partial charge in [0.05, 0.1) is 0 Å². The third-order valence-corrected chi connectivity index (χ3v) is 4.21. The molecule has 2 heteroatoms. The summed E-state index contributed by atoms with van der Waals surface area (Å²) in [6.07, 6.45) is 10.9. The van der Waals surface area contributed by atoms with Gasteiger partial charge in [-0.15, -0.1) is 0 Å². The van der Waals surface area contributed by atoms with Crippen molar-refractivity contribution >= 4 is 0 Å². The minimum Gasteiger partial charge on any atom is -0.311 e. The highest BCUT2D eigenvalue weighted by Gasteiger charge is 2.26. The molecule has 1 unspecified atom stereocenters. The Kier molecular flexibility index (Phi) is 4.98. The van der Waals surface area contributed by atoms with E-state index < -0.39 is 0 Å². The van der Waals surface area contributed by atoms with Gasteiger partial charge in [-0.05, 0) is 63.1 Å². The van der Waals surface area contributed by atoms with Crippen LogP contribution in [0.1, 0.15) is 64.4 Å². The minimum atomic E-state index is 0.194. The summed E-state index contributed by atoms with van der Waals surface area (Å²) in [5.74, 6) is 1.48. The zero-order valence-corrected chi connectivity index (χ0v) is 12.7. The average Bonchev–Trinajstić information content (AvgIpc) is 2.40. The number of rotatable bonds is 4. The minimum absolute atomic E-state index is 0.194. The Morgan fingerprint density at radius 2 is 1.79 bits per heavy atom. The van der Waals surface area contributed by atoms with Crippen LogP contribution < -0.4 is 5.32 Å². The lowest BCUT2D eigenvalue weighted by Gasteiger charge is -2.33. The van der Waals surface area contributed by atoms with Crippen molar-refractivity contribution in [3.05, 3.63) is 30.1 Å². The van der Waals surface area contributed by atoms with E-state index in [1.165, 1.54) is 37.7 Å². The maximum Gasteiger partial charge on any atom is 0.0270 e. The van der Waals surface area contributed by atoms with Crippen LogP contribution in [0.4, 0.5) is 0 Å².